The number of ketones is 1. The van der Waals surface area contributed by atoms with Gasteiger partial charge in [0.25, 0.3) is 0 Å². The van der Waals surface area contributed by atoms with E-state index in [2.05, 4.69) is 122 Å². The van der Waals surface area contributed by atoms with Gasteiger partial charge in [-0.05, 0) is 79.0 Å². The van der Waals surface area contributed by atoms with Crippen molar-refractivity contribution in [2.45, 2.75) is 155 Å². The maximum atomic E-state index is 15.0. The van der Waals surface area contributed by atoms with Crippen molar-refractivity contribution in [3.05, 3.63) is 42.5 Å². The summed E-state index contributed by atoms with van der Waals surface area (Å²) in [5.74, 6) is -0.0951. The summed E-state index contributed by atoms with van der Waals surface area (Å²) in [7, 11) is -5.06. The van der Waals surface area contributed by atoms with Gasteiger partial charge in [-0.15, -0.1) is 6.58 Å². The lowest BCUT2D eigenvalue weighted by molar-refractivity contribution is -0.132. The number of rotatable bonds is 19. The van der Waals surface area contributed by atoms with E-state index in [9.17, 15) is 4.79 Å². The van der Waals surface area contributed by atoms with Crippen molar-refractivity contribution >= 4 is 30.7 Å². The zero-order valence-corrected chi connectivity index (χ0v) is 38.2. The van der Waals surface area contributed by atoms with E-state index in [0.29, 0.717) is 19.8 Å². The van der Waals surface area contributed by atoms with Crippen LogP contribution in [-0.2, 0) is 34.2 Å². The first-order valence-corrected chi connectivity index (χ1v) is 27.3. The molecular formula is C40H74O7Si3. The van der Waals surface area contributed by atoms with E-state index in [1.165, 1.54) is 0 Å². The van der Waals surface area contributed by atoms with Crippen LogP contribution in [0.1, 0.15) is 81.7 Å². The first-order chi connectivity index (χ1) is 22.5. The summed E-state index contributed by atoms with van der Waals surface area (Å²) in [5, 5.41) is -0.0666. The molecule has 0 saturated carbocycles. The minimum Gasteiger partial charge on any atom is -0.497 e. The Morgan fingerprint density at radius 3 is 1.76 bits per heavy atom. The fraction of sp³-hybridized carbons (Fsp3) is 0.775. The molecule has 0 bridgehead atoms. The highest BCUT2D eigenvalue weighted by Crippen LogP contribution is 2.51. The number of hydrogen-bond donors (Lipinski definition) is 0. The van der Waals surface area contributed by atoms with E-state index in [-0.39, 0.29) is 39.5 Å². The molecule has 1 heterocycles. The highest BCUT2D eigenvalue weighted by molar-refractivity contribution is 6.75. The van der Waals surface area contributed by atoms with E-state index in [1.54, 1.807) is 13.2 Å². The molecule has 10 heteroatoms. The van der Waals surface area contributed by atoms with Gasteiger partial charge in [0.15, 0.2) is 25.0 Å². The minimum absolute atomic E-state index is 0.0160. The Morgan fingerprint density at radius 1 is 0.840 bits per heavy atom. The van der Waals surface area contributed by atoms with Crippen LogP contribution in [0.3, 0.4) is 0 Å². The van der Waals surface area contributed by atoms with E-state index >= 15 is 0 Å². The lowest BCUT2D eigenvalue weighted by Crippen LogP contribution is -2.55. The molecule has 1 aliphatic rings. The number of ether oxygens (including phenoxy) is 3. The molecule has 6 atom stereocenters. The summed E-state index contributed by atoms with van der Waals surface area (Å²) in [4.78, 5) is 15.0. The molecule has 0 aromatic heterocycles. The lowest BCUT2D eigenvalue weighted by Gasteiger charge is -2.44. The van der Waals surface area contributed by atoms with Crippen LogP contribution >= 0.6 is 0 Å². The van der Waals surface area contributed by atoms with Crippen molar-refractivity contribution in [1.29, 1.82) is 0 Å². The van der Waals surface area contributed by atoms with Gasteiger partial charge in [-0.1, -0.05) is 87.4 Å². The second-order valence-corrected chi connectivity index (χ2v) is 33.7. The second-order valence-electron chi connectivity index (χ2n) is 19.4. The Kier molecular flexibility index (Phi) is 14.9. The van der Waals surface area contributed by atoms with Crippen LogP contribution in [0.4, 0.5) is 0 Å². The molecule has 0 spiro atoms. The van der Waals surface area contributed by atoms with Gasteiger partial charge in [0.1, 0.15) is 17.1 Å². The predicted octanol–water partition coefficient (Wildman–Crippen LogP) is 10.4. The fourth-order valence-corrected chi connectivity index (χ4v) is 8.75. The Morgan fingerprint density at radius 2 is 1.32 bits per heavy atom. The largest absolute Gasteiger partial charge is 0.497 e. The van der Waals surface area contributed by atoms with Gasteiger partial charge in [0.05, 0.1) is 44.4 Å². The topological polar surface area (TPSA) is 75.8 Å². The van der Waals surface area contributed by atoms with Gasteiger partial charge in [0, 0.05) is 19.1 Å². The third kappa shape index (κ3) is 11.2. The highest BCUT2D eigenvalue weighted by atomic mass is 28.4. The monoisotopic (exact) mass is 750 g/mol. The average Bonchev–Trinajstić information content (AvgIpc) is 3.67. The van der Waals surface area contributed by atoms with E-state index in [1.807, 2.05) is 24.3 Å². The van der Waals surface area contributed by atoms with Crippen LogP contribution in [-0.4, -0.2) is 75.5 Å². The molecule has 288 valence electrons. The molecular weight excluding hydrogens is 677 g/mol. The van der Waals surface area contributed by atoms with Crippen LogP contribution in [0.5, 0.6) is 5.75 Å². The van der Waals surface area contributed by atoms with Gasteiger partial charge in [-0.25, -0.2) is 0 Å². The van der Waals surface area contributed by atoms with Crippen LogP contribution in [0, 0.1) is 17.8 Å². The van der Waals surface area contributed by atoms with Crippen LogP contribution < -0.4 is 4.74 Å². The summed E-state index contributed by atoms with van der Waals surface area (Å²) in [5.41, 5.74) is 0.391. The van der Waals surface area contributed by atoms with Crippen molar-refractivity contribution in [3.8, 4) is 5.75 Å². The smallest absolute Gasteiger partial charge is 0.192 e. The quantitative estimate of drug-likeness (QED) is 0.0792. The summed E-state index contributed by atoms with van der Waals surface area (Å²) >= 11 is 0. The second kappa shape index (κ2) is 16.5. The van der Waals surface area contributed by atoms with Gasteiger partial charge < -0.3 is 27.5 Å². The van der Waals surface area contributed by atoms with E-state index < -0.39 is 48.5 Å². The van der Waals surface area contributed by atoms with E-state index in [0.717, 1.165) is 11.3 Å². The third-order valence-corrected chi connectivity index (χ3v) is 25.7. The number of epoxide rings is 1. The average molecular weight is 751 g/mol. The van der Waals surface area contributed by atoms with Crippen molar-refractivity contribution in [1.82, 2.24) is 0 Å². The van der Waals surface area contributed by atoms with E-state index in [4.69, 9.17) is 27.5 Å². The zero-order valence-electron chi connectivity index (χ0n) is 35.2. The van der Waals surface area contributed by atoms with Crippen LogP contribution in [0.15, 0.2) is 36.9 Å². The fourth-order valence-electron chi connectivity index (χ4n) is 5.30. The number of Topliss-reactive ketones (excluding diaryl/α,β-unsaturated/α-hetero) is 1. The molecule has 0 radical (unpaired) electrons. The Balaban J connectivity index is 2.50. The first-order valence-electron chi connectivity index (χ1n) is 18.5. The van der Waals surface area contributed by atoms with Gasteiger partial charge >= 0.3 is 0 Å². The normalized spacial score (nSPS) is 21.7. The maximum absolute atomic E-state index is 15.0. The summed E-state index contributed by atoms with van der Waals surface area (Å²) in [6.07, 6.45) is 1.12. The molecule has 1 aromatic carbocycles. The Hall–Kier alpha value is -1.12. The molecule has 1 unspecified atom stereocenters. The number of methoxy groups -OCH3 is 1. The summed E-state index contributed by atoms with van der Waals surface area (Å²) < 4.78 is 39.1. The number of hydrogen-bond acceptors (Lipinski definition) is 7. The van der Waals surface area contributed by atoms with Gasteiger partial charge in [-0.3, -0.25) is 4.79 Å². The highest BCUT2D eigenvalue weighted by Gasteiger charge is 2.64. The van der Waals surface area contributed by atoms with Gasteiger partial charge in [-0.2, -0.15) is 0 Å². The van der Waals surface area contributed by atoms with Crippen molar-refractivity contribution in [3.63, 3.8) is 0 Å². The minimum atomic E-state index is -2.39. The maximum Gasteiger partial charge on any atom is 0.192 e. The first kappa shape index (κ1) is 45.0. The molecule has 1 fully saturated rings. The molecule has 2 rings (SSSR count). The molecule has 1 saturated heterocycles. The van der Waals surface area contributed by atoms with Gasteiger partial charge in [0.2, 0.25) is 0 Å². The lowest BCUT2D eigenvalue weighted by atomic mass is 9.81. The molecule has 1 aliphatic heterocycles. The molecule has 0 aliphatic carbocycles. The standard InChI is InChI=1S/C40H74O7Si3/c1-20-31(27-44-48(14,15)37(3,4)5)34(41)33(28-45-49(16,17)38(6,7)8)36(47-50(18,19)39(9,10)11)40(12)35(46-40)29(2)25-43-26-30-21-23-32(42-13)24-22-30/h20-24,29,31,33,35-36H,1,25-28H2,2-19H3/t29-,31-,33-,35+,36-,40?/m0/s1. The van der Waals surface area contributed by atoms with Crippen LogP contribution in [0.2, 0.25) is 54.4 Å². The SMILES string of the molecule is C=C[C@@H](CO[Si](C)(C)C(C)(C)C)C(=O)[C@H](CO[Si](C)(C)C(C)(C)C)[C@H](O[Si](C)(C)C(C)(C)C)C1(C)O[C@@H]1[C@@H](C)COCc1ccc(OC)cc1. The van der Waals surface area contributed by atoms with Crippen LogP contribution in [0.25, 0.3) is 0 Å². The third-order valence-electron chi connectivity index (χ3n) is 12.2. The summed E-state index contributed by atoms with van der Waals surface area (Å²) in [6, 6.07) is 7.94. The zero-order chi connectivity index (χ0) is 38.7. The molecule has 7 nitrogen and oxygen atoms in total. The number of benzene rings is 1. The molecule has 50 heavy (non-hydrogen) atoms. The molecule has 0 amide bonds. The molecule has 1 aromatic rings. The van der Waals surface area contributed by atoms with Crippen molar-refractivity contribution < 1.29 is 32.3 Å². The van der Waals surface area contributed by atoms with Crippen molar-refractivity contribution in [2.75, 3.05) is 26.9 Å². The summed E-state index contributed by atoms with van der Waals surface area (Å²) in [6.45, 7) is 43.5. The Labute approximate surface area is 309 Å². The number of carbonyl (C=O) groups excluding carboxylic acids is 1. The Bertz CT molecular complexity index is 1260. The predicted molar refractivity (Wildman–Crippen MR) is 216 cm³/mol. The van der Waals surface area contributed by atoms with Crippen molar-refractivity contribution in [2.24, 2.45) is 17.8 Å². The molecule has 0 N–H and O–H groups in total. The number of carbonyl (C=O) groups is 1.